The number of hydrogen-bond donors (Lipinski definition) is 2. The van der Waals surface area contributed by atoms with Crippen molar-refractivity contribution in [1.29, 1.82) is 0 Å². The molecular formula is C15H23NO2. The molecule has 1 saturated heterocycles. The minimum atomic E-state index is -0.414. The molecule has 1 aromatic rings. The Kier molecular flexibility index (Phi) is 4.61. The molecule has 0 radical (unpaired) electrons. The van der Waals surface area contributed by atoms with Crippen molar-refractivity contribution < 1.29 is 10.2 Å². The van der Waals surface area contributed by atoms with Crippen LogP contribution < -0.4 is 4.90 Å². The third-order valence-corrected chi connectivity index (χ3v) is 3.83. The Balaban J connectivity index is 2.30. The fraction of sp³-hybridized carbons (Fsp3) is 0.600. The molecule has 3 heteroatoms. The zero-order chi connectivity index (χ0) is 13.0. The predicted molar refractivity (Wildman–Crippen MR) is 73.8 cm³/mol. The Labute approximate surface area is 109 Å². The summed E-state index contributed by atoms with van der Waals surface area (Å²) in [5.74, 6) is 0. The SMILES string of the molecule is CC[C@@H](O)c1ccccc1N1CCCCC1CO. The molecule has 3 nitrogen and oxygen atoms in total. The number of hydrogen-bond acceptors (Lipinski definition) is 3. The third-order valence-electron chi connectivity index (χ3n) is 3.83. The van der Waals surface area contributed by atoms with Crippen LogP contribution in [-0.2, 0) is 0 Å². The maximum Gasteiger partial charge on any atom is 0.0807 e. The fourth-order valence-corrected chi connectivity index (χ4v) is 2.76. The Hall–Kier alpha value is -1.06. The molecule has 0 aliphatic carbocycles. The second-order valence-corrected chi connectivity index (χ2v) is 5.01. The van der Waals surface area contributed by atoms with Gasteiger partial charge in [0.2, 0.25) is 0 Å². The quantitative estimate of drug-likeness (QED) is 0.861. The maximum atomic E-state index is 10.1. The van der Waals surface area contributed by atoms with E-state index in [-0.39, 0.29) is 12.6 Å². The summed E-state index contributed by atoms with van der Waals surface area (Å²) in [5, 5.41) is 19.6. The summed E-state index contributed by atoms with van der Waals surface area (Å²) in [7, 11) is 0. The number of aliphatic hydroxyl groups is 2. The Bertz CT molecular complexity index is 381. The van der Waals surface area contributed by atoms with Gasteiger partial charge in [-0.1, -0.05) is 25.1 Å². The summed E-state index contributed by atoms with van der Waals surface area (Å²) >= 11 is 0. The minimum Gasteiger partial charge on any atom is -0.394 e. The van der Waals surface area contributed by atoms with Crippen molar-refractivity contribution in [2.75, 3.05) is 18.1 Å². The lowest BCUT2D eigenvalue weighted by molar-refractivity contribution is 0.173. The first-order chi connectivity index (χ1) is 8.77. The normalized spacial score (nSPS) is 21.9. The number of nitrogens with zero attached hydrogens (tertiary/aromatic N) is 1. The zero-order valence-electron chi connectivity index (χ0n) is 11.0. The van der Waals surface area contributed by atoms with Crippen molar-refractivity contribution in [3.05, 3.63) is 29.8 Å². The van der Waals surface area contributed by atoms with Crippen LogP contribution in [0.15, 0.2) is 24.3 Å². The number of piperidine rings is 1. The van der Waals surface area contributed by atoms with Gasteiger partial charge < -0.3 is 15.1 Å². The standard InChI is InChI=1S/C15H23NO2/c1-2-15(18)13-8-3-4-9-14(13)16-10-6-5-7-12(16)11-17/h3-4,8-9,12,15,17-18H,2,5-7,10-11H2,1H3/t12?,15-/m1/s1. The number of benzene rings is 1. The van der Waals surface area contributed by atoms with Gasteiger partial charge >= 0.3 is 0 Å². The van der Waals surface area contributed by atoms with Crippen molar-refractivity contribution in [3.8, 4) is 0 Å². The molecule has 2 N–H and O–H groups in total. The highest BCUT2D eigenvalue weighted by Crippen LogP contribution is 2.32. The van der Waals surface area contributed by atoms with Crippen molar-refractivity contribution in [3.63, 3.8) is 0 Å². The van der Waals surface area contributed by atoms with Gasteiger partial charge in [-0.15, -0.1) is 0 Å². The van der Waals surface area contributed by atoms with E-state index in [1.165, 1.54) is 6.42 Å². The number of rotatable bonds is 4. The smallest absolute Gasteiger partial charge is 0.0807 e. The molecule has 0 spiro atoms. The zero-order valence-corrected chi connectivity index (χ0v) is 11.0. The molecule has 18 heavy (non-hydrogen) atoms. The van der Waals surface area contributed by atoms with E-state index >= 15 is 0 Å². The van der Waals surface area contributed by atoms with E-state index in [2.05, 4.69) is 11.0 Å². The molecule has 1 aliphatic heterocycles. The van der Waals surface area contributed by atoms with E-state index < -0.39 is 6.10 Å². The molecule has 1 aromatic carbocycles. The van der Waals surface area contributed by atoms with Crippen LogP contribution in [-0.4, -0.2) is 29.4 Å². The topological polar surface area (TPSA) is 43.7 Å². The van der Waals surface area contributed by atoms with E-state index in [0.717, 1.165) is 30.6 Å². The second-order valence-electron chi connectivity index (χ2n) is 5.01. The fourth-order valence-electron chi connectivity index (χ4n) is 2.76. The monoisotopic (exact) mass is 249 g/mol. The van der Waals surface area contributed by atoms with Gasteiger partial charge in [0.15, 0.2) is 0 Å². The molecule has 2 rings (SSSR count). The van der Waals surface area contributed by atoms with Crippen LogP contribution in [0.5, 0.6) is 0 Å². The van der Waals surface area contributed by atoms with Crippen LogP contribution in [0, 0.1) is 0 Å². The van der Waals surface area contributed by atoms with Gasteiger partial charge in [0.25, 0.3) is 0 Å². The van der Waals surface area contributed by atoms with E-state index in [0.29, 0.717) is 6.42 Å². The number of aliphatic hydroxyl groups excluding tert-OH is 2. The largest absolute Gasteiger partial charge is 0.394 e. The molecule has 100 valence electrons. The lowest BCUT2D eigenvalue weighted by Gasteiger charge is -2.38. The van der Waals surface area contributed by atoms with E-state index in [9.17, 15) is 10.2 Å². The molecular weight excluding hydrogens is 226 g/mol. The van der Waals surface area contributed by atoms with Crippen LogP contribution in [0.2, 0.25) is 0 Å². The Morgan fingerprint density at radius 1 is 1.33 bits per heavy atom. The molecule has 1 fully saturated rings. The highest BCUT2D eigenvalue weighted by molar-refractivity contribution is 5.55. The lowest BCUT2D eigenvalue weighted by Crippen LogP contribution is -2.42. The van der Waals surface area contributed by atoms with Crippen molar-refractivity contribution in [2.24, 2.45) is 0 Å². The van der Waals surface area contributed by atoms with Crippen LogP contribution in [0.1, 0.15) is 44.3 Å². The van der Waals surface area contributed by atoms with Crippen LogP contribution >= 0.6 is 0 Å². The minimum absolute atomic E-state index is 0.191. The molecule has 0 saturated carbocycles. The van der Waals surface area contributed by atoms with Crippen molar-refractivity contribution >= 4 is 5.69 Å². The molecule has 1 heterocycles. The van der Waals surface area contributed by atoms with E-state index in [1.54, 1.807) is 0 Å². The first kappa shape index (κ1) is 13.4. The molecule has 2 atom stereocenters. The third kappa shape index (κ3) is 2.68. The average molecular weight is 249 g/mol. The van der Waals surface area contributed by atoms with E-state index in [4.69, 9.17) is 0 Å². The summed E-state index contributed by atoms with van der Waals surface area (Å²) in [6.07, 6.45) is 3.68. The van der Waals surface area contributed by atoms with Gasteiger partial charge in [-0.05, 0) is 31.7 Å². The second kappa shape index (κ2) is 6.21. The first-order valence-corrected chi connectivity index (χ1v) is 6.92. The maximum absolute atomic E-state index is 10.1. The average Bonchev–Trinajstić information content (AvgIpc) is 2.46. The highest BCUT2D eigenvalue weighted by Gasteiger charge is 2.24. The van der Waals surface area contributed by atoms with Gasteiger partial charge in [-0.2, -0.15) is 0 Å². The first-order valence-electron chi connectivity index (χ1n) is 6.92. The van der Waals surface area contributed by atoms with Crippen LogP contribution in [0.3, 0.4) is 0 Å². The summed E-state index contributed by atoms with van der Waals surface area (Å²) in [6.45, 7) is 3.15. The predicted octanol–water partition coefficient (Wildman–Crippen LogP) is 2.48. The molecule has 1 aliphatic rings. The number of para-hydroxylation sites is 1. The van der Waals surface area contributed by atoms with Gasteiger partial charge in [0.05, 0.1) is 18.8 Å². The summed E-state index contributed by atoms with van der Waals surface area (Å²) in [6, 6.07) is 8.22. The van der Waals surface area contributed by atoms with Gasteiger partial charge in [0, 0.05) is 17.8 Å². The molecule has 0 bridgehead atoms. The van der Waals surface area contributed by atoms with Crippen molar-refractivity contribution in [1.82, 2.24) is 0 Å². The number of anilines is 1. The van der Waals surface area contributed by atoms with Crippen molar-refractivity contribution in [2.45, 2.75) is 44.8 Å². The summed E-state index contributed by atoms with van der Waals surface area (Å²) < 4.78 is 0. The molecule has 1 unspecified atom stereocenters. The summed E-state index contributed by atoms with van der Waals surface area (Å²) in [5.41, 5.74) is 2.07. The van der Waals surface area contributed by atoms with Crippen LogP contribution in [0.4, 0.5) is 5.69 Å². The Morgan fingerprint density at radius 2 is 2.11 bits per heavy atom. The lowest BCUT2D eigenvalue weighted by atomic mass is 9.98. The summed E-state index contributed by atoms with van der Waals surface area (Å²) in [4.78, 5) is 2.26. The van der Waals surface area contributed by atoms with Gasteiger partial charge in [0.1, 0.15) is 0 Å². The highest BCUT2D eigenvalue weighted by atomic mass is 16.3. The molecule has 0 amide bonds. The van der Waals surface area contributed by atoms with E-state index in [1.807, 2.05) is 25.1 Å². The van der Waals surface area contributed by atoms with Crippen LogP contribution in [0.25, 0.3) is 0 Å². The Morgan fingerprint density at radius 3 is 2.83 bits per heavy atom. The van der Waals surface area contributed by atoms with Gasteiger partial charge in [-0.25, -0.2) is 0 Å². The molecule has 0 aromatic heterocycles. The van der Waals surface area contributed by atoms with Gasteiger partial charge in [-0.3, -0.25) is 0 Å².